The van der Waals surface area contributed by atoms with Crippen molar-refractivity contribution in [2.45, 2.75) is 19.9 Å². The summed E-state index contributed by atoms with van der Waals surface area (Å²) in [5, 5.41) is 8.96. The van der Waals surface area contributed by atoms with E-state index in [0.29, 0.717) is 17.1 Å². The van der Waals surface area contributed by atoms with Crippen LogP contribution in [-0.4, -0.2) is 23.0 Å². The maximum absolute atomic E-state index is 12.3. The first-order chi connectivity index (χ1) is 12.5. The van der Waals surface area contributed by atoms with Crippen molar-refractivity contribution in [3.8, 4) is 11.1 Å². The fourth-order valence-corrected chi connectivity index (χ4v) is 2.45. The molecule has 1 heterocycles. The minimum absolute atomic E-state index is 0.316. The second kappa shape index (κ2) is 7.65. The molecule has 0 unspecified atom stereocenters. The van der Waals surface area contributed by atoms with Crippen molar-refractivity contribution in [1.29, 1.82) is 0 Å². The van der Waals surface area contributed by atoms with E-state index in [4.69, 9.17) is 4.52 Å². The number of anilines is 1. The van der Waals surface area contributed by atoms with E-state index in [-0.39, 0.29) is 11.8 Å². The van der Waals surface area contributed by atoms with E-state index in [0.717, 1.165) is 11.1 Å². The zero-order valence-electron chi connectivity index (χ0n) is 14.5. The molecular weight excluding hydrogens is 330 g/mol. The molecule has 0 bridgehead atoms. The van der Waals surface area contributed by atoms with Gasteiger partial charge in [-0.15, -0.1) is 0 Å². The Labute approximate surface area is 151 Å². The third kappa shape index (κ3) is 4.16. The largest absolute Gasteiger partial charge is 0.360 e. The normalized spacial score (nSPS) is 11.6. The number of hydrogen-bond acceptors (Lipinski definition) is 4. The number of aryl methyl sites for hydroxylation is 1. The maximum Gasteiger partial charge on any atom is 0.251 e. The van der Waals surface area contributed by atoms with Gasteiger partial charge in [0.25, 0.3) is 5.91 Å². The number of benzene rings is 2. The number of rotatable bonds is 5. The van der Waals surface area contributed by atoms with Crippen LogP contribution in [0.3, 0.4) is 0 Å². The van der Waals surface area contributed by atoms with Gasteiger partial charge in [-0.25, -0.2) is 0 Å². The molecule has 26 heavy (non-hydrogen) atoms. The molecule has 0 aliphatic rings. The van der Waals surface area contributed by atoms with Gasteiger partial charge >= 0.3 is 0 Å². The summed E-state index contributed by atoms with van der Waals surface area (Å²) in [7, 11) is 0. The van der Waals surface area contributed by atoms with Gasteiger partial charge in [0.05, 0.1) is 0 Å². The summed E-state index contributed by atoms with van der Waals surface area (Å²) in [6.45, 7) is 3.34. The number of nitrogens with one attached hydrogen (secondary N) is 2. The quantitative estimate of drug-likeness (QED) is 0.739. The summed E-state index contributed by atoms with van der Waals surface area (Å²) >= 11 is 0. The van der Waals surface area contributed by atoms with Crippen LogP contribution in [0, 0.1) is 6.92 Å². The Morgan fingerprint density at radius 2 is 1.65 bits per heavy atom. The monoisotopic (exact) mass is 349 g/mol. The summed E-state index contributed by atoms with van der Waals surface area (Å²) < 4.78 is 4.89. The smallest absolute Gasteiger partial charge is 0.251 e. The van der Waals surface area contributed by atoms with Gasteiger partial charge in [-0.2, -0.15) is 0 Å². The van der Waals surface area contributed by atoms with Crippen molar-refractivity contribution in [3.63, 3.8) is 0 Å². The van der Waals surface area contributed by atoms with Gasteiger partial charge in [0.15, 0.2) is 5.82 Å². The Morgan fingerprint density at radius 1 is 1.00 bits per heavy atom. The lowest BCUT2D eigenvalue weighted by Crippen LogP contribution is -2.41. The first-order valence-corrected chi connectivity index (χ1v) is 8.23. The molecule has 0 aliphatic heterocycles. The maximum atomic E-state index is 12.3. The van der Waals surface area contributed by atoms with Crippen molar-refractivity contribution in [3.05, 3.63) is 72.0 Å². The summed E-state index contributed by atoms with van der Waals surface area (Å²) in [5.74, 6) is 0.229. The third-order valence-corrected chi connectivity index (χ3v) is 3.87. The van der Waals surface area contributed by atoms with Gasteiger partial charge in [-0.1, -0.05) is 47.6 Å². The highest BCUT2D eigenvalue weighted by atomic mass is 16.5. The number of hydrogen-bond donors (Lipinski definition) is 2. The van der Waals surface area contributed by atoms with E-state index in [1.807, 2.05) is 42.5 Å². The molecule has 2 amide bonds. The van der Waals surface area contributed by atoms with Crippen LogP contribution in [0.5, 0.6) is 0 Å². The molecule has 0 spiro atoms. The van der Waals surface area contributed by atoms with Gasteiger partial charge in [0.2, 0.25) is 5.91 Å². The van der Waals surface area contributed by atoms with Crippen molar-refractivity contribution >= 4 is 17.6 Å². The van der Waals surface area contributed by atoms with E-state index in [1.165, 1.54) is 0 Å². The van der Waals surface area contributed by atoms with Crippen molar-refractivity contribution in [2.24, 2.45) is 0 Å². The summed E-state index contributed by atoms with van der Waals surface area (Å²) in [5.41, 5.74) is 2.59. The Kier molecular flexibility index (Phi) is 5.12. The van der Waals surface area contributed by atoms with Crippen LogP contribution in [0.4, 0.5) is 5.82 Å². The Hall–Kier alpha value is -3.41. The van der Waals surface area contributed by atoms with Gasteiger partial charge < -0.3 is 15.2 Å². The van der Waals surface area contributed by atoms with Gasteiger partial charge in [0, 0.05) is 11.6 Å². The van der Waals surface area contributed by atoms with E-state index >= 15 is 0 Å². The number of nitrogens with zero attached hydrogens (tertiary/aromatic N) is 1. The lowest BCUT2D eigenvalue weighted by molar-refractivity contribution is -0.117. The average Bonchev–Trinajstić information content (AvgIpc) is 3.07. The van der Waals surface area contributed by atoms with Gasteiger partial charge in [-0.05, 0) is 37.1 Å². The van der Waals surface area contributed by atoms with Crippen LogP contribution in [-0.2, 0) is 4.79 Å². The Balaban J connectivity index is 1.61. The van der Waals surface area contributed by atoms with Crippen molar-refractivity contribution in [2.75, 3.05) is 5.32 Å². The standard InChI is InChI=1S/C20H19N3O3/c1-13-12-18(23-26-13)22-19(24)14(2)21-20(25)17-10-8-16(9-11-17)15-6-4-3-5-7-15/h3-12,14H,1-2H3,(H,21,25)(H,22,23,24)/t14-/m0/s1. The molecule has 1 atom stereocenters. The first-order valence-electron chi connectivity index (χ1n) is 8.23. The molecular formula is C20H19N3O3. The van der Waals surface area contributed by atoms with Crippen molar-refractivity contribution in [1.82, 2.24) is 10.5 Å². The predicted molar refractivity (Wildman–Crippen MR) is 98.7 cm³/mol. The van der Waals surface area contributed by atoms with E-state index in [1.54, 1.807) is 32.0 Å². The van der Waals surface area contributed by atoms with E-state index in [2.05, 4.69) is 15.8 Å². The SMILES string of the molecule is Cc1cc(NC(=O)[C@H](C)NC(=O)c2ccc(-c3ccccc3)cc2)no1. The number of amides is 2. The summed E-state index contributed by atoms with van der Waals surface area (Å²) in [6, 6.07) is 18.0. The molecule has 132 valence electrons. The molecule has 2 N–H and O–H groups in total. The molecule has 2 aromatic carbocycles. The van der Waals surface area contributed by atoms with Crippen LogP contribution in [0.1, 0.15) is 23.0 Å². The third-order valence-electron chi connectivity index (χ3n) is 3.87. The average molecular weight is 349 g/mol. The molecule has 0 radical (unpaired) electrons. The molecule has 0 saturated carbocycles. The molecule has 6 heteroatoms. The van der Waals surface area contributed by atoms with Crippen molar-refractivity contribution < 1.29 is 14.1 Å². The molecule has 3 rings (SSSR count). The highest BCUT2D eigenvalue weighted by molar-refractivity contribution is 6.00. The van der Waals surface area contributed by atoms with Crippen LogP contribution < -0.4 is 10.6 Å². The van der Waals surface area contributed by atoms with Crippen LogP contribution in [0.15, 0.2) is 65.2 Å². The molecule has 1 aromatic heterocycles. The lowest BCUT2D eigenvalue weighted by atomic mass is 10.0. The molecule has 0 fully saturated rings. The second-order valence-electron chi connectivity index (χ2n) is 5.95. The van der Waals surface area contributed by atoms with E-state index in [9.17, 15) is 9.59 Å². The van der Waals surface area contributed by atoms with Crippen LogP contribution >= 0.6 is 0 Å². The fourth-order valence-electron chi connectivity index (χ4n) is 2.45. The summed E-state index contributed by atoms with van der Waals surface area (Å²) in [4.78, 5) is 24.5. The predicted octanol–water partition coefficient (Wildman–Crippen LogP) is 3.41. The number of carbonyl (C=O) groups is 2. The zero-order chi connectivity index (χ0) is 18.5. The Morgan fingerprint density at radius 3 is 2.27 bits per heavy atom. The molecule has 6 nitrogen and oxygen atoms in total. The summed E-state index contributed by atoms with van der Waals surface area (Å²) in [6.07, 6.45) is 0. The Bertz CT molecular complexity index is 902. The lowest BCUT2D eigenvalue weighted by Gasteiger charge is -2.13. The second-order valence-corrected chi connectivity index (χ2v) is 5.95. The fraction of sp³-hybridized carbons (Fsp3) is 0.150. The number of aromatic nitrogens is 1. The highest BCUT2D eigenvalue weighted by Crippen LogP contribution is 2.19. The molecule has 3 aromatic rings. The number of carbonyl (C=O) groups excluding carboxylic acids is 2. The first kappa shape index (κ1) is 17.4. The van der Waals surface area contributed by atoms with Gasteiger partial charge in [0.1, 0.15) is 11.8 Å². The molecule has 0 aliphatic carbocycles. The highest BCUT2D eigenvalue weighted by Gasteiger charge is 2.18. The van der Waals surface area contributed by atoms with Crippen LogP contribution in [0.2, 0.25) is 0 Å². The zero-order valence-corrected chi connectivity index (χ0v) is 14.5. The van der Waals surface area contributed by atoms with E-state index < -0.39 is 6.04 Å². The minimum Gasteiger partial charge on any atom is -0.360 e. The van der Waals surface area contributed by atoms with Crippen LogP contribution in [0.25, 0.3) is 11.1 Å². The minimum atomic E-state index is -0.715. The topological polar surface area (TPSA) is 84.2 Å². The molecule has 0 saturated heterocycles. The van der Waals surface area contributed by atoms with Gasteiger partial charge in [-0.3, -0.25) is 9.59 Å².